The predicted octanol–water partition coefficient (Wildman–Crippen LogP) is 5.08. The summed E-state index contributed by atoms with van der Waals surface area (Å²) in [5, 5.41) is 7.71. The van der Waals surface area contributed by atoms with Crippen molar-refractivity contribution in [3.8, 4) is 0 Å². The minimum absolute atomic E-state index is 0.0945. The van der Waals surface area contributed by atoms with Gasteiger partial charge in [0.15, 0.2) is 5.54 Å². The quantitative estimate of drug-likeness (QED) is 0.500. The lowest BCUT2D eigenvalue weighted by atomic mass is 9.73. The number of nitrogens with zero attached hydrogens (tertiary/aromatic N) is 3. The van der Waals surface area contributed by atoms with Gasteiger partial charge in [0.05, 0.1) is 23.6 Å². The van der Waals surface area contributed by atoms with Gasteiger partial charge < -0.3 is 9.64 Å². The summed E-state index contributed by atoms with van der Waals surface area (Å²) in [4.78, 5) is 43.1. The molecule has 0 unspecified atom stereocenters. The average Bonchev–Trinajstić information content (AvgIpc) is 3.28. The highest BCUT2D eigenvalue weighted by Gasteiger charge is 2.73. The van der Waals surface area contributed by atoms with E-state index in [4.69, 9.17) is 4.74 Å². The number of ether oxygens (including phenoxy) is 1. The van der Waals surface area contributed by atoms with Gasteiger partial charge in [-0.25, -0.2) is 9.18 Å². The van der Waals surface area contributed by atoms with E-state index >= 15 is 4.39 Å². The molecule has 0 aromatic heterocycles. The molecule has 3 amide bonds. The Morgan fingerprint density at radius 2 is 1.51 bits per heavy atom. The van der Waals surface area contributed by atoms with Gasteiger partial charge >= 0.3 is 6.09 Å². The molecular formula is C30H29FN4O4. The Morgan fingerprint density at radius 3 is 2.15 bits per heavy atom. The van der Waals surface area contributed by atoms with Gasteiger partial charge in [-0.1, -0.05) is 66.7 Å². The number of benzene rings is 3. The van der Waals surface area contributed by atoms with Crippen LogP contribution in [0, 0.1) is 0 Å². The van der Waals surface area contributed by atoms with Crippen molar-refractivity contribution >= 4 is 35.0 Å². The molecule has 5 rings (SSSR count). The highest BCUT2D eigenvalue weighted by atomic mass is 19.1. The summed E-state index contributed by atoms with van der Waals surface area (Å²) >= 11 is 0. The standard InChI is InChI=1S/C30H29FN4O4/c1-20-29(31,25(36)35(33-20)22-15-9-6-10-16-22)30(32-27(38)39-28(2,3)4)23-17-11-12-18-24(23)34(26(30)37)19-21-13-7-5-8-14-21/h5-18H,19H2,1-4H3,(H,32,38)/t29-,30+/m1/s1. The van der Waals surface area contributed by atoms with E-state index < -0.39 is 34.7 Å². The Morgan fingerprint density at radius 1 is 0.923 bits per heavy atom. The molecule has 8 nitrogen and oxygen atoms in total. The molecule has 2 atom stereocenters. The lowest BCUT2D eigenvalue weighted by molar-refractivity contribution is -0.139. The molecule has 0 bridgehead atoms. The van der Waals surface area contributed by atoms with Crippen LogP contribution < -0.4 is 15.2 Å². The van der Waals surface area contributed by atoms with Gasteiger partial charge in [0.2, 0.25) is 0 Å². The number of halogens is 1. The van der Waals surface area contributed by atoms with E-state index in [1.165, 1.54) is 11.8 Å². The zero-order chi connectivity index (χ0) is 28.0. The van der Waals surface area contributed by atoms with Crippen LogP contribution in [0.15, 0.2) is 90.0 Å². The molecule has 0 saturated carbocycles. The van der Waals surface area contributed by atoms with Crippen molar-refractivity contribution in [2.75, 3.05) is 9.91 Å². The van der Waals surface area contributed by atoms with Gasteiger partial charge in [-0.3, -0.25) is 14.9 Å². The van der Waals surface area contributed by atoms with Gasteiger partial charge in [0, 0.05) is 5.56 Å². The molecule has 200 valence electrons. The summed E-state index contributed by atoms with van der Waals surface area (Å²) in [7, 11) is 0. The molecule has 0 saturated heterocycles. The number of amides is 3. The van der Waals surface area contributed by atoms with E-state index in [2.05, 4.69) is 10.4 Å². The fourth-order valence-electron chi connectivity index (χ4n) is 5.11. The number of anilines is 2. The lowest BCUT2D eigenvalue weighted by Gasteiger charge is -2.39. The van der Waals surface area contributed by atoms with Crippen molar-refractivity contribution < 1.29 is 23.5 Å². The first-order chi connectivity index (χ1) is 18.5. The number of carbonyl (C=O) groups is 3. The van der Waals surface area contributed by atoms with Gasteiger partial charge in [0.1, 0.15) is 5.60 Å². The molecule has 9 heteroatoms. The van der Waals surface area contributed by atoms with Crippen LogP contribution in [0.3, 0.4) is 0 Å². The normalized spacial score (nSPS) is 22.5. The van der Waals surface area contributed by atoms with Crippen LogP contribution in [-0.4, -0.2) is 34.9 Å². The first kappa shape index (κ1) is 26.1. The second-order valence-electron chi connectivity index (χ2n) is 10.6. The summed E-state index contributed by atoms with van der Waals surface area (Å²) < 4.78 is 23.3. The van der Waals surface area contributed by atoms with Crippen molar-refractivity contribution in [1.29, 1.82) is 0 Å². The molecule has 2 heterocycles. The smallest absolute Gasteiger partial charge is 0.408 e. The van der Waals surface area contributed by atoms with E-state index in [0.29, 0.717) is 11.4 Å². The summed E-state index contributed by atoms with van der Waals surface area (Å²) in [6.07, 6.45) is -1.04. The molecule has 2 aliphatic heterocycles. The van der Waals surface area contributed by atoms with Crippen LogP contribution in [0.1, 0.15) is 38.8 Å². The molecule has 1 N–H and O–H groups in total. The van der Waals surface area contributed by atoms with E-state index in [-0.39, 0.29) is 17.8 Å². The Bertz CT molecular complexity index is 1470. The molecule has 0 fully saturated rings. The minimum Gasteiger partial charge on any atom is -0.444 e. The number of rotatable bonds is 5. The van der Waals surface area contributed by atoms with Crippen LogP contribution in [-0.2, 0) is 26.4 Å². The summed E-state index contributed by atoms with van der Waals surface area (Å²) in [5.74, 6) is -1.90. The molecule has 0 spiro atoms. The third kappa shape index (κ3) is 4.14. The molecule has 2 aliphatic rings. The summed E-state index contributed by atoms with van der Waals surface area (Å²) in [5.41, 5.74) is -5.12. The number of para-hydroxylation sites is 2. The van der Waals surface area contributed by atoms with Crippen molar-refractivity contribution in [2.45, 2.75) is 51.0 Å². The second kappa shape index (κ2) is 9.34. The summed E-state index contributed by atoms with van der Waals surface area (Å²) in [6.45, 7) is 6.40. The number of alkyl halides is 1. The Kier molecular flexibility index (Phi) is 6.25. The fraction of sp³-hybridized carbons (Fsp3) is 0.267. The zero-order valence-corrected chi connectivity index (χ0v) is 22.1. The first-order valence-electron chi connectivity index (χ1n) is 12.6. The van der Waals surface area contributed by atoms with Gasteiger partial charge in [0.25, 0.3) is 17.5 Å². The maximum atomic E-state index is 17.8. The minimum atomic E-state index is -3.06. The van der Waals surface area contributed by atoms with Crippen molar-refractivity contribution in [1.82, 2.24) is 5.32 Å². The average molecular weight is 529 g/mol. The molecule has 3 aromatic rings. The van der Waals surface area contributed by atoms with Crippen LogP contribution in [0.5, 0.6) is 0 Å². The molecule has 39 heavy (non-hydrogen) atoms. The van der Waals surface area contributed by atoms with E-state index in [1.807, 2.05) is 30.3 Å². The van der Waals surface area contributed by atoms with Crippen molar-refractivity contribution in [3.63, 3.8) is 0 Å². The van der Waals surface area contributed by atoms with Gasteiger partial charge in [-0.2, -0.15) is 10.1 Å². The number of nitrogens with one attached hydrogen (secondary N) is 1. The fourth-order valence-corrected chi connectivity index (χ4v) is 5.11. The highest BCUT2D eigenvalue weighted by molar-refractivity contribution is 6.28. The Hall–Kier alpha value is -4.53. The van der Waals surface area contributed by atoms with Crippen LogP contribution >= 0.6 is 0 Å². The number of hydrogen-bond donors (Lipinski definition) is 1. The maximum Gasteiger partial charge on any atom is 0.408 e. The number of alkyl carbamates (subject to hydrolysis) is 1. The molecule has 0 radical (unpaired) electrons. The predicted molar refractivity (Wildman–Crippen MR) is 146 cm³/mol. The highest BCUT2D eigenvalue weighted by Crippen LogP contribution is 2.52. The lowest BCUT2D eigenvalue weighted by Crippen LogP contribution is -2.70. The largest absolute Gasteiger partial charge is 0.444 e. The topological polar surface area (TPSA) is 91.3 Å². The second-order valence-corrected chi connectivity index (χ2v) is 10.6. The number of hydrazone groups is 1. The van der Waals surface area contributed by atoms with Crippen molar-refractivity contribution in [2.24, 2.45) is 5.10 Å². The summed E-state index contributed by atoms with van der Waals surface area (Å²) in [6, 6.07) is 24.1. The monoisotopic (exact) mass is 528 g/mol. The number of fused-ring (bicyclic) bond motifs is 1. The molecule has 3 aromatic carbocycles. The van der Waals surface area contributed by atoms with Crippen LogP contribution in [0.2, 0.25) is 0 Å². The van der Waals surface area contributed by atoms with Crippen LogP contribution in [0.25, 0.3) is 0 Å². The maximum absolute atomic E-state index is 17.8. The van der Waals surface area contributed by atoms with E-state index in [0.717, 1.165) is 10.6 Å². The van der Waals surface area contributed by atoms with Crippen molar-refractivity contribution in [3.05, 3.63) is 96.1 Å². The zero-order valence-electron chi connectivity index (χ0n) is 22.1. The SMILES string of the molecule is CC1=NN(c2ccccc2)C(=O)[C@@]1(F)[C@@]1(NC(=O)OC(C)(C)C)C(=O)N(Cc2ccccc2)c2ccccc21. The third-order valence-corrected chi connectivity index (χ3v) is 6.79. The Labute approximate surface area is 226 Å². The Balaban J connectivity index is 1.70. The van der Waals surface area contributed by atoms with Crippen LogP contribution in [0.4, 0.5) is 20.6 Å². The number of hydrogen-bond acceptors (Lipinski definition) is 5. The van der Waals surface area contributed by atoms with E-state index in [1.54, 1.807) is 75.4 Å². The van der Waals surface area contributed by atoms with Gasteiger partial charge in [-0.05, 0) is 51.5 Å². The molecule has 0 aliphatic carbocycles. The first-order valence-corrected chi connectivity index (χ1v) is 12.6. The number of carbonyl (C=O) groups excluding carboxylic acids is 3. The molecular weight excluding hydrogens is 499 g/mol. The van der Waals surface area contributed by atoms with E-state index in [9.17, 15) is 14.4 Å². The third-order valence-electron chi connectivity index (χ3n) is 6.79. The van der Waals surface area contributed by atoms with Gasteiger partial charge in [-0.15, -0.1) is 0 Å².